The summed E-state index contributed by atoms with van der Waals surface area (Å²) in [6.07, 6.45) is 36.8. The Morgan fingerprint density at radius 2 is 0.884 bits per heavy atom. The second-order valence-electron chi connectivity index (χ2n) is 17.8. The molecule has 1 N–H and O–H groups in total. The summed E-state index contributed by atoms with van der Waals surface area (Å²) in [6.45, 7) is 5.85. The van der Waals surface area contributed by atoms with Crippen molar-refractivity contribution in [3.05, 3.63) is 160 Å². The quantitative estimate of drug-likeness (QED) is 0.0448. The van der Waals surface area contributed by atoms with Crippen molar-refractivity contribution in [1.82, 2.24) is 4.98 Å². The second-order valence-corrected chi connectivity index (χ2v) is 17.8. The Bertz CT molecular complexity index is 2430. The maximum atomic E-state index is 6.63. The number of benzene rings is 4. The fraction of sp³-hybridized carbons (Fsp3) is 0.371. The van der Waals surface area contributed by atoms with Gasteiger partial charge in [0.25, 0.3) is 0 Å². The smallest absolute Gasteiger partial charge is 0.123 e. The first-order chi connectivity index (χ1) is 34.0. The Morgan fingerprint density at radius 3 is 1.35 bits per heavy atom. The van der Waals surface area contributed by atoms with Crippen LogP contribution in [-0.4, -0.2) is 45.2 Å². The third-order valence-electron chi connectivity index (χ3n) is 12.4. The van der Waals surface area contributed by atoms with Gasteiger partial charge >= 0.3 is 0 Å². The van der Waals surface area contributed by atoms with Crippen molar-refractivity contribution >= 4 is 41.7 Å². The van der Waals surface area contributed by atoms with Crippen LogP contribution in [0.3, 0.4) is 0 Å². The van der Waals surface area contributed by atoms with E-state index in [9.17, 15) is 0 Å². The minimum atomic E-state index is 0.652. The SMILES string of the molecule is CCCCCCCCCCOc1cc(OCCCCCCCCCC)cc(/C(=C2\C=CC(/C=C/c3ccc(OC)cc3)=N2)c2[nH]c(/C=C/c3ccc(OC)cc3)cc2/C=C/c2ccc(OC)cc2)c1. The maximum Gasteiger partial charge on any atom is 0.123 e. The number of rotatable bonds is 31. The van der Waals surface area contributed by atoms with Crippen molar-refractivity contribution < 1.29 is 23.7 Å². The fourth-order valence-electron chi connectivity index (χ4n) is 8.38. The molecule has 0 fully saturated rings. The molecule has 0 saturated carbocycles. The lowest BCUT2D eigenvalue weighted by Gasteiger charge is -2.16. The third kappa shape index (κ3) is 17.5. The predicted octanol–water partition coefficient (Wildman–Crippen LogP) is 16.9. The fourth-order valence-corrected chi connectivity index (χ4v) is 8.38. The number of aromatic nitrogens is 1. The average molecular weight is 929 g/mol. The zero-order chi connectivity index (χ0) is 48.3. The Kier molecular flexibility index (Phi) is 22.1. The van der Waals surface area contributed by atoms with Crippen LogP contribution in [0.15, 0.2) is 126 Å². The molecule has 0 atom stereocenters. The van der Waals surface area contributed by atoms with E-state index in [4.69, 9.17) is 28.7 Å². The molecule has 7 nitrogen and oxygen atoms in total. The van der Waals surface area contributed by atoms with Crippen LogP contribution in [0.1, 0.15) is 156 Å². The second kappa shape index (κ2) is 29.4. The van der Waals surface area contributed by atoms with Crippen molar-refractivity contribution in [3.63, 3.8) is 0 Å². The lowest BCUT2D eigenvalue weighted by atomic mass is 9.96. The van der Waals surface area contributed by atoms with Crippen LogP contribution in [0.25, 0.3) is 36.0 Å². The van der Waals surface area contributed by atoms with Gasteiger partial charge in [-0.2, -0.15) is 0 Å². The van der Waals surface area contributed by atoms with Gasteiger partial charge < -0.3 is 28.7 Å². The summed E-state index contributed by atoms with van der Waals surface area (Å²) in [4.78, 5) is 9.14. The molecule has 0 spiro atoms. The van der Waals surface area contributed by atoms with Crippen molar-refractivity contribution in [2.24, 2.45) is 4.99 Å². The molecular weight excluding hydrogens is 853 g/mol. The number of nitrogens with one attached hydrogen (secondary N) is 1. The number of ether oxygens (including phenoxy) is 5. The van der Waals surface area contributed by atoms with E-state index in [0.29, 0.717) is 13.2 Å². The molecule has 0 amide bonds. The Labute approximate surface area is 413 Å². The first-order valence-corrected chi connectivity index (χ1v) is 25.6. The minimum absolute atomic E-state index is 0.652. The lowest BCUT2D eigenvalue weighted by molar-refractivity contribution is 0.289. The van der Waals surface area contributed by atoms with Gasteiger partial charge in [0.15, 0.2) is 0 Å². The Morgan fingerprint density at radius 1 is 0.449 bits per heavy atom. The van der Waals surface area contributed by atoms with E-state index in [1.807, 2.05) is 48.5 Å². The standard InChI is InChI=1S/C62H76N2O5/c1-6-8-10-12-14-16-18-20-42-68-58-45-52(46-59(47-58)69-43-21-19-17-15-13-11-9-7-2)61(60-41-34-53(63-60)32-23-49-27-37-56(66-4)38-28-49)62-51(31-22-48-25-35-55(65-3)36-26-48)44-54(64-62)33-24-50-29-39-57(67-5)40-30-50/h22-41,44-47,64H,6-21,42-43H2,1-5H3/b31-22+,32-23+,33-24+,61-60-. The maximum absolute atomic E-state index is 6.63. The number of hydrogen-bond donors (Lipinski definition) is 1. The van der Waals surface area contributed by atoms with Crippen molar-refractivity contribution in [3.8, 4) is 28.7 Å². The van der Waals surface area contributed by atoms with Crippen molar-refractivity contribution in [2.45, 2.75) is 117 Å². The van der Waals surface area contributed by atoms with Crippen LogP contribution in [0.2, 0.25) is 0 Å². The summed E-state index contributed by atoms with van der Waals surface area (Å²) in [5.74, 6) is 4.06. The highest BCUT2D eigenvalue weighted by Gasteiger charge is 2.21. The molecule has 4 aromatic carbocycles. The Balaban J connectivity index is 1.39. The molecule has 6 rings (SSSR count). The van der Waals surface area contributed by atoms with E-state index in [1.165, 1.54) is 77.0 Å². The van der Waals surface area contributed by atoms with E-state index < -0.39 is 0 Å². The van der Waals surface area contributed by atoms with E-state index in [0.717, 1.165) is 111 Å². The van der Waals surface area contributed by atoms with Crippen LogP contribution in [0.5, 0.6) is 28.7 Å². The van der Waals surface area contributed by atoms with E-state index >= 15 is 0 Å². The van der Waals surface area contributed by atoms with E-state index in [2.05, 4.69) is 116 Å². The summed E-state index contributed by atoms with van der Waals surface area (Å²) in [5.41, 5.74) is 9.70. The number of allylic oxidation sites excluding steroid dienone is 3. The van der Waals surface area contributed by atoms with Gasteiger partial charge in [-0.25, -0.2) is 4.99 Å². The highest BCUT2D eigenvalue weighted by atomic mass is 16.5. The molecule has 5 aromatic rings. The molecule has 0 saturated heterocycles. The number of aliphatic imine (C=N–C) groups is 1. The van der Waals surface area contributed by atoms with Gasteiger partial charge in [0.2, 0.25) is 0 Å². The summed E-state index contributed by atoms with van der Waals surface area (Å²) in [7, 11) is 5.06. The van der Waals surface area contributed by atoms with Gasteiger partial charge in [-0.15, -0.1) is 0 Å². The highest BCUT2D eigenvalue weighted by molar-refractivity contribution is 6.10. The monoisotopic (exact) mass is 929 g/mol. The topological polar surface area (TPSA) is 74.3 Å². The number of hydrogen-bond acceptors (Lipinski definition) is 6. The van der Waals surface area contributed by atoms with Gasteiger partial charge in [-0.1, -0.05) is 164 Å². The number of aromatic amines is 1. The predicted molar refractivity (Wildman–Crippen MR) is 292 cm³/mol. The largest absolute Gasteiger partial charge is 0.497 e. The molecule has 0 radical (unpaired) electrons. The van der Waals surface area contributed by atoms with Crippen LogP contribution in [-0.2, 0) is 0 Å². The highest BCUT2D eigenvalue weighted by Crippen LogP contribution is 2.38. The molecular formula is C62H76N2O5. The number of nitrogens with zero attached hydrogens (tertiary/aromatic N) is 1. The third-order valence-corrected chi connectivity index (χ3v) is 12.4. The van der Waals surface area contributed by atoms with Gasteiger partial charge in [0, 0.05) is 22.9 Å². The van der Waals surface area contributed by atoms with Gasteiger partial charge in [0.1, 0.15) is 28.7 Å². The molecule has 0 unspecified atom stereocenters. The number of H-pyrrole nitrogens is 1. The van der Waals surface area contributed by atoms with Gasteiger partial charge in [0.05, 0.1) is 51.6 Å². The van der Waals surface area contributed by atoms with Crippen molar-refractivity contribution in [1.29, 1.82) is 0 Å². The van der Waals surface area contributed by atoms with Crippen LogP contribution in [0.4, 0.5) is 0 Å². The zero-order valence-electron chi connectivity index (χ0n) is 42.1. The first-order valence-electron chi connectivity index (χ1n) is 25.6. The number of unbranched alkanes of at least 4 members (excludes halogenated alkanes) is 14. The Hall–Kier alpha value is -6.47. The molecule has 2 heterocycles. The summed E-state index contributed by atoms with van der Waals surface area (Å²) in [5, 5.41) is 0. The van der Waals surface area contributed by atoms with E-state index in [1.54, 1.807) is 21.3 Å². The summed E-state index contributed by atoms with van der Waals surface area (Å²) < 4.78 is 29.5. The molecule has 0 aliphatic carbocycles. The molecule has 7 heteroatoms. The zero-order valence-corrected chi connectivity index (χ0v) is 42.1. The van der Waals surface area contributed by atoms with Crippen LogP contribution in [0, 0.1) is 0 Å². The van der Waals surface area contributed by atoms with Gasteiger partial charge in [-0.3, -0.25) is 0 Å². The summed E-state index contributed by atoms with van der Waals surface area (Å²) in [6, 6.07) is 32.8. The normalized spacial score (nSPS) is 13.2. The molecule has 1 aromatic heterocycles. The molecule has 1 aliphatic heterocycles. The lowest BCUT2D eigenvalue weighted by Crippen LogP contribution is -2.03. The first kappa shape index (κ1) is 51.9. The number of methoxy groups -OCH3 is 3. The molecule has 1 aliphatic rings. The summed E-state index contributed by atoms with van der Waals surface area (Å²) >= 11 is 0. The average Bonchev–Trinajstić information content (AvgIpc) is 4.03. The van der Waals surface area contributed by atoms with Gasteiger partial charge in [-0.05, 0) is 114 Å². The molecule has 364 valence electrons. The van der Waals surface area contributed by atoms with Crippen molar-refractivity contribution in [2.75, 3.05) is 34.5 Å². The minimum Gasteiger partial charge on any atom is -0.497 e. The molecule has 0 bridgehead atoms. The van der Waals surface area contributed by atoms with E-state index in [-0.39, 0.29) is 0 Å². The van der Waals surface area contributed by atoms with Crippen LogP contribution < -0.4 is 23.7 Å². The molecule has 69 heavy (non-hydrogen) atoms. The van der Waals surface area contributed by atoms with Crippen LogP contribution >= 0.6 is 0 Å².